The highest BCUT2D eigenvalue weighted by atomic mass is 16.3. The van der Waals surface area contributed by atoms with Crippen LogP contribution in [0.25, 0.3) is 0 Å². The van der Waals surface area contributed by atoms with Gasteiger partial charge in [-0.1, -0.05) is 31.2 Å². The summed E-state index contributed by atoms with van der Waals surface area (Å²) in [6, 6.07) is 0. The van der Waals surface area contributed by atoms with E-state index in [4.69, 9.17) is 0 Å². The van der Waals surface area contributed by atoms with Crippen molar-refractivity contribution in [2.24, 2.45) is 11.3 Å². The molecule has 2 aliphatic rings. The van der Waals surface area contributed by atoms with E-state index in [-0.39, 0.29) is 5.41 Å². The normalized spacial score (nSPS) is 42.4. The van der Waals surface area contributed by atoms with E-state index in [9.17, 15) is 5.11 Å². The number of rotatable bonds is 1. The van der Waals surface area contributed by atoms with E-state index in [0.717, 1.165) is 18.4 Å². The predicted molar refractivity (Wildman–Crippen MR) is 68.1 cm³/mol. The summed E-state index contributed by atoms with van der Waals surface area (Å²) in [5.74, 6) is 0.452. The Balaban J connectivity index is 2.57. The van der Waals surface area contributed by atoms with Crippen molar-refractivity contribution in [1.29, 1.82) is 0 Å². The molecule has 0 radical (unpaired) electrons. The molecule has 0 saturated carbocycles. The first kappa shape index (κ1) is 11.7. The van der Waals surface area contributed by atoms with Gasteiger partial charge in [0.1, 0.15) is 0 Å². The summed E-state index contributed by atoms with van der Waals surface area (Å²) in [7, 11) is 0. The second kappa shape index (κ2) is 3.33. The lowest BCUT2D eigenvalue weighted by molar-refractivity contribution is 0.0390. The maximum Gasteiger partial charge on any atom is 0.0871 e. The van der Waals surface area contributed by atoms with Crippen LogP contribution in [0.4, 0.5) is 0 Å². The minimum atomic E-state index is -0.667. The first-order chi connectivity index (χ1) is 7.29. The molecule has 0 saturated heterocycles. The summed E-state index contributed by atoms with van der Waals surface area (Å²) in [5, 5.41) is 10.5. The van der Waals surface area contributed by atoms with Gasteiger partial charge in [-0.05, 0) is 50.7 Å². The molecule has 0 amide bonds. The molecule has 88 valence electrons. The minimum Gasteiger partial charge on any atom is -0.385 e. The van der Waals surface area contributed by atoms with Gasteiger partial charge in [0.15, 0.2) is 0 Å². The summed E-state index contributed by atoms with van der Waals surface area (Å²) in [4.78, 5) is 0. The molecule has 2 aliphatic carbocycles. The smallest absolute Gasteiger partial charge is 0.0871 e. The predicted octanol–water partition coefficient (Wildman–Crippen LogP) is 3.62. The van der Waals surface area contributed by atoms with Gasteiger partial charge in [-0.2, -0.15) is 0 Å². The lowest BCUT2D eigenvalue weighted by Gasteiger charge is -2.49. The highest BCUT2D eigenvalue weighted by Crippen LogP contribution is 2.53. The number of hydrogen-bond acceptors (Lipinski definition) is 1. The van der Waals surface area contributed by atoms with Gasteiger partial charge in [0.25, 0.3) is 0 Å². The van der Waals surface area contributed by atoms with Crippen LogP contribution in [0.1, 0.15) is 40.5 Å². The second-order valence-corrected chi connectivity index (χ2v) is 5.85. The quantitative estimate of drug-likeness (QED) is 0.666. The van der Waals surface area contributed by atoms with Crippen molar-refractivity contribution in [2.75, 3.05) is 0 Å². The maximum atomic E-state index is 10.5. The molecule has 0 aromatic heterocycles. The number of fused-ring (bicyclic) bond motifs is 1. The van der Waals surface area contributed by atoms with Crippen molar-refractivity contribution in [3.05, 3.63) is 35.5 Å². The van der Waals surface area contributed by atoms with Crippen molar-refractivity contribution in [3.8, 4) is 0 Å². The van der Waals surface area contributed by atoms with E-state index in [2.05, 4.69) is 39.5 Å². The molecule has 0 fully saturated rings. The van der Waals surface area contributed by atoms with Gasteiger partial charge in [-0.15, -0.1) is 0 Å². The molecular weight excluding hydrogens is 196 g/mol. The molecule has 0 heterocycles. The van der Waals surface area contributed by atoms with Crippen LogP contribution in [0, 0.1) is 11.3 Å². The number of allylic oxidation sites excluding steroid dienone is 3. The van der Waals surface area contributed by atoms with Gasteiger partial charge in [-0.25, -0.2) is 0 Å². The fourth-order valence-electron chi connectivity index (χ4n) is 3.39. The molecule has 1 heteroatoms. The average Bonchev–Trinajstić information content (AvgIpc) is 2.15. The standard InChI is InChI=1S/C15H22O/c1-10(2)15-7-6-11(3)13(9-15)14(5,16)8-12(15)4/h6,9,12,16H,1,7-8H2,2-5H3/t12-,14+,15-/m1/s1. The fraction of sp³-hybridized carbons (Fsp3) is 0.600. The molecule has 1 N–H and O–H groups in total. The van der Waals surface area contributed by atoms with Crippen LogP contribution in [0.5, 0.6) is 0 Å². The zero-order valence-corrected chi connectivity index (χ0v) is 10.8. The summed E-state index contributed by atoms with van der Waals surface area (Å²) in [5.41, 5.74) is 2.97. The summed E-state index contributed by atoms with van der Waals surface area (Å²) >= 11 is 0. The van der Waals surface area contributed by atoms with Gasteiger partial charge >= 0.3 is 0 Å². The topological polar surface area (TPSA) is 20.2 Å². The largest absolute Gasteiger partial charge is 0.385 e. The Morgan fingerprint density at radius 1 is 1.56 bits per heavy atom. The van der Waals surface area contributed by atoms with Gasteiger partial charge < -0.3 is 5.11 Å². The summed E-state index contributed by atoms with van der Waals surface area (Å²) in [6.45, 7) is 12.5. The second-order valence-electron chi connectivity index (χ2n) is 5.85. The molecule has 2 rings (SSSR count). The van der Waals surface area contributed by atoms with Crippen LogP contribution < -0.4 is 0 Å². The molecule has 0 aliphatic heterocycles. The zero-order valence-electron chi connectivity index (χ0n) is 10.8. The first-order valence-electron chi connectivity index (χ1n) is 6.08. The third kappa shape index (κ3) is 1.41. The molecule has 0 spiro atoms. The third-order valence-corrected chi connectivity index (χ3v) is 4.53. The Bertz CT molecular complexity index is 398. The zero-order chi connectivity index (χ0) is 12.1. The molecule has 0 unspecified atom stereocenters. The lowest BCUT2D eigenvalue weighted by Crippen LogP contribution is -2.44. The molecular formula is C15H22O. The molecule has 0 aromatic rings. The van der Waals surface area contributed by atoms with Crippen LogP contribution in [0.2, 0.25) is 0 Å². The van der Waals surface area contributed by atoms with Crippen molar-refractivity contribution in [2.45, 2.75) is 46.1 Å². The molecule has 0 aromatic carbocycles. The van der Waals surface area contributed by atoms with Crippen molar-refractivity contribution < 1.29 is 5.11 Å². The van der Waals surface area contributed by atoms with Crippen molar-refractivity contribution in [1.82, 2.24) is 0 Å². The SMILES string of the molecule is C=C(C)[C@]12C=C(C(C)=CC1)[C@@](C)(O)C[C@H]2C. The summed E-state index contributed by atoms with van der Waals surface area (Å²) < 4.78 is 0. The fourth-order valence-corrected chi connectivity index (χ4v) is 3.39. The Labute approximate surface area is 98.6 Å². The minimum absolute atomic E-state index is 0.0804. The van der Waals surface area contributed by atoms with E-state index in [1.807, 2.05) is 6.92 Å². The van der Waals surface area contributed by atoms with Gasteiger partial charge in [0.05, 0.1) is 5.60 Å². The summed E-state index contributed by atoms with van der Waals surface area (Å²) in [6.07, 6.45) is 6.40. The van der Waals surface area contributed by atoms with Crippen LogP contribution >= 0.6 is 0 Å². The molecule has 3 atom stereocenters. The number of aliphatic hydroxyl groups is 1. The molecule has 16 heavy (non-hydrogen) atoms. The Morgan fingerprint density at radius 3 is 2.75 bits per heavy atom. The van der Waals surface area contributed by atoms with Gasteiger partial charge in [0.2, 0.25) is 0 Å². The van der Waals surface area contributed by atoms with E-state index in [1.54, 1.807) is 0 Å². The van der Waals surface area contributed by atoms with Gasteiger partial charge in [0, 0.05) is 5.41 Å². The highest BCUT2D eigenvalue weighted by molar-refractivity contribution is 5.46. The van der Waals surface area contributed by atoms with Gasteiger partial charge in [-0.3, -0.25) is 0 Å². The monoisotopic (exact) mass is 218 g/mol. The van der Waals surface area contributed by atoms with Crippen LogP contribution in [0.3, 0.4) is 0 Å². The Kier molecular flexibility index (Phi) is 2.43. The lowest BCUT2D eigenvalue weighted by atomic mass is 9.57. The average molecular weight is 218 g/mol. The maximum absolute atomic E-state index is 10.5. The Hall–Kier alpha value is -0.820. The van der Waals surface area contributed by atoms with E-state index < -0.39 is 5.60 Å². The highest BCUT2D eigenvalue weighted by Gasteiger charge is 2.46. The van der Waals surface area contributed by atoms with Crippen molar-refractivity contribution >= 4 is 0 Å². The molecule has 2 bridgehead atoms. The first-order valence-corrected chi connectivity index (χ1v) is 6.08. The Morgan fingerprint density at radius 2 is 2.19 bits per heavy atom. The van der Waals surface area contributed by atoms with E-state index >= 15 is 0 Å². The van der Waals surface area contributed by atoms with E-state index in [1.165, 1.54) is 11.1 Å². The third-order valence-electron chi connectivity index (χ3n) is 4.53. The number of hydrogen-bond donors (Lipinski definition) is 1. The van der Waals surface area contributed by atoms with Crippen LogP contribution in [-0.2, 0) is 0 Å². The van der Waals surface area contributed by atoms with E-state index in [0.29, 0.717) is 5.92 Å². The van der Waals surface area contributed by atoms with Crippen LogP contribution in [0.15, 0.2) is 35.5 Å². The van der Waals surface area contributed by atoms with Crippen LogP contribution in [-0.4, -0.2) is 10.7 Å². The molecule has 1 nitrogen and oxygen atoms in total. The van der Waals surface area contributed by atoms with Crippen molar-refractivity contribution in [3.63, 3.8) is 0 Å².